The van der Waals surface area contributed by atoms with Crippen LogP contribution in [-0.4, -0.2) is 14.5 Å². The standard InChI is InChI=1S/C37H26N4/c1-24-19-25(2)40-37(39-24)33-16-13-26(23-38)20-34(33)41-35-21-29(27-9-5-3-6-10-27)14-17-31(35)32-18-15-30(22-36(32)41)28-11-7-4-8-12-28/h3-22H,1-2H3. The Labute approximate surface area is 238 Å². The first-order valence-electron chi connectivity index (χ1n) is 13.7. The molecule has 0 amide bonds. The molecule has 7 aromatic rings. The summed E-state index contributed by atoms with van der Waals surface area (Å²) in [6, 6.07) is 44.2. The molecule has 0 fully saturated rings. The second kappa shape index (κ2) is 9.89. The van der Waals surface area contributed by atoms with E-state index in [2.05, 4.69) is 95.6 Å². The fourth-order valence-corrected chi connectivity index (χ4v) is 5.72. The maximum absolute atomic E-state index is 9.93. The van der Waals surface area contributed by atoms with Gasteiger partial charge < -0.3 is 4.57 Å². The Balaban J connectivity index is 1.60. The molecule has 0 N–H and O–H groups in total. The summed E-state index contributed by atoms with van der Waals surface area (Å²) in [4.78, 5) is 9.63. The average molecular weight is 527 g/mol. The van der Waals surface area contributed by atoms with Crippen molar-refractivity contribution >= 4 is 21.8 Å². The number of hydrogen-bond donors (Lipinski definition) is 0. The molecule has 194 valence electrons. The first kappa shape index (κ1) is 24.5. The van der Waals surface area contributed by atoms with Crippen LogP contribution in [0.5, 0.6) is 0 Å². The summed E-state index contributed by atoms with van der Waals surface area (Å²) in [5.74, 6) is 0.649. The highest BCUT2D eigenvalue weighted by atomic mass is 15.0. The molecule has 0 aliphatic rings. The zero-order chi connectivity index (χ0) is 27.9. The van der Waals surface area contributed by atoms with Crippen LogP contribution in [0.2, 0.25) is 0 Å². The zero-order valence-electron chi connectivity index (χ0n) is 22.8. The molecule has 41 heavy (non-hydrogen) atoms. The summed E-state index contributed by atoms with van der Waals surface area (Å²) in [6.45, 7) is 3.97. The highest BCUT2D eigenvalue weighted by Crippen LogP contribution is 2.39. The van der Waals surface area contributed by atoms with Gasteiger partial charge in [0.15, 0.2) is 5.82 Å². The Morgan fingerprint density at radius 3 is 1.61 bits per heavy atom. The summed E-state index contributed by atoms with van der Waals surface area (Å²) >= 11 is 0. The van der Waals surface area contributed by atoms with Crippen LogP contribution in [0.4, 0.5) is 0 Å². The van der Waals surface area contributed by atoms with Crippen molar-refractivity contribution in [3.63, 3.8) is 0 Å². The predicted octanol–water partition coefficient (Wildman–Crippen LogP) is 9.06. The second-order valence-electron chi connectivity index (χ2n) is 10.3. The second-order valence-corrected chi connectivity index (χ2v) is 10.3. The number of rotatable bonds is 4. The third-order valence-electron chi connectivity index (χ3n) is 7.57. The minimum atomic E-state index is 0.585. The van der Waals surface area contributed by atoms with Gasteiger partial charge in [0, 0.05) is 27.7 Å². The van der Waals surface area contributed by atoms with E-state index in [4.69, 9.17) is 9.97 Å². The number of aryl methyl sites for hydroxylation is 2. The SMILES string of the molecule is Cc1cc(C)nc(-c2ccc(C#N)cc2-n2c3cc(-c4ccccc4)ccc3c3ccc(-c4ccccc4)cc32)n1. The van der Waals surface area contributed by atoms with Crippen LogP contribution < -0.4 is 0 Å². The lowest BCUT2D eigenvalue weighted by Crippen LogP contribution is -2.02. The number of fused-ring (bicyclic) bond motifs is 3. The normalized spacial score (nSPS) is 11.1. The molecule has 0 saturated heterocycles. The van der Waals surface area contributed by atoms with E-state index in [1.54, 1.807) is 0 Å². The first-order chi connectivity index (χ1) is 20.1. The largest absolute Gasteiger partial charge is 0.308 e. The molecule has 7 rings (SSSR count). The van der Waals surface area contributed by atoms with Gasteiger partial charge in [0.25, 0.3) is 0 Å². The average Bonchev–Trinajstić information content (AvgIpc) is 3.34. The highest BCUT2D eigenvalue weighted by molar-refractivity contribution is 6.11. The molecular weight excluding hydrogens is 500 g/mol. The van der Waals surface area contributed by atoms with E-state index in [0.717, 1.165) is 66.7 Å². The van der Waals surface area contributed by atoms with Crippen LogP contribution in [0.3, 0.4) is 0 Å². The molecule has 0 saturated carbocycles. The molecule has 0 unspecified atom stereocenters. The number of benzene rings is 5. The van der Waals surface area contributed by atoms with E-state index in [-0.39, 0.29) is 0 Å². The molecule has 0 aliphatic carbocycles. The van der Waals surface area contributed by atoms with Crippen molar-refractivity contribution in [3.05, 3.63) is 138 Å². The fraction of sp³-hybridized carbons (Fsp3) is 0.0541. The van der Waals surface area contributed by atoms with Crippen LogP contribution >= 0.6 is 0 Å². The van der Waals surface area contributed by atoms with Gasteiger partial charge in [0.05, 0.1) is 28.4 Å². The van der Waals surface area contributed by atoms with Crippen LogP contribution in [0.1, 0.15) is 17.0 Å². The van der Waals surface area contributed by atoms with Crippen LogP contribution in [0.25, 0.3) is 61.1 Å². The highest BCUT2D eigenvalue weighted by Gasteiger charge is 2.19. The molecule has 2 heterocycles. The quantitative estimate of drug-likeness (QED) is 0.230. The minimum absolute atomic E-state index is 0.585. The van der Waals surface area contributed by atoms with Gasteiger partial charge in [-0.05, 0) is 72.5 Å². The van der Waals surface area contributed by atoms with Gasteiger partial charge in [-0.15, -0.1) is 0 Å². The Kier molecular flexibility index (Phi) is 5.91. The van der Waals surface area contributed by atoms with Crippen molar-refractivity contribution in [1.29, 1.82) is 5.26 Å². The molecule has 5 aromatic carbocycles. The molecule has 2 aromatic heterocycles. The van der Waals surface area contributed by atoms with Crippen molar-refractivity contribution in [2.75, 3.05) is 0 Å². The Morgan fingerprint density at radius 2 is 1.10 bits per heavy atom. The Hall–Kier alpha value is -5.53. The number of nitriles is 1. The van der Waals surface area contributed by atoms with Gasteiger partial charge in [-0.1, -0.05) is 84.9 Å². The number of aromatic nitrogens is 3. The lowest BCUT2D eigenvalue weighted by molar-refractivity contribution is 1.05. The van der Waals surface area contributed by atoms with Gasteiger partial charge in [0.1, 0.15) is 0 Å². The van der Waals surface area contributed by atoms with Gasteiger partial charge in [-0.2, -0.15) is 5.26 Å². The van der Waals surface area contributed by atoms with E-state index in [1.807, 2.05) is 50.2 Å². The van der Waals surface area contributed by atoms with E-state index in [9.17, 15) is 5.26 Å². The summed E-state index contributed by atoms with van der Waals surface area (Å²) < 4.78 is 2.28. The van der Waals surface area contributed by atoms with Crippen LogP contribution in [0, 0.1) is 25.2 Å². The van der Waals surface area contributed by atoms with Gasteiger partial charge in [-0.3, -0.25) is 0 Å². The van der Waals surface area contributed by atoms with Gasteiger partial charge >= 0.3 is 0 Å². The molecule has 4 heteroatoms. The molecule has 4 nitrogen and oxygen atoms in total. The van der Waals surface area contributed by atoms with E-state index < -0.39 is 0 Å². The molecule has 0 bridgehead atoms. The van der Waals surface area contributed by atoms with Crippen molar-refractivity contribution in [3.8, 4) is 45.4 Å². The maximum Gasteiger partial charge on any atom is 0.161 e. The zero-order valence-corrected chi connectivity index (χ0v) is 22.8. The van der Waals surface area contributed by atoms with Crippen molar-refractivity contribution < 1.29 is 0 Å². The monoisotopic (exact) mass is 526 g/mol. The van der Waals surface area contributed by atoms with Gasteiger partial charge in [0.2, 0.25) is 0 Å². The van der Waals surface area contributed by atoms with Crippen molar-refractivity contribution in [2.45, 2.75) is 13.8 Å². The summed E-state index contributed by atoms with van der Waals surface area (Å²) in [7, 11) is 0. The first-order valence-corrected chi connectivity index (χ1v) is 13.7. The summed E-state index contributed by atoms with van der Waals surface area (Å²) in [5.41, 5.74) is 10.8. The Bertz CT molecular complexity index is 2000. The summed E-state index contributed by atoms with van der Waals surface area (Å²) in [6.07, 6.45) is 0. The van der Waals surface area contributed by atoms with Crippen molar-refractivity contribution in [1.82, 2.24) is 14.5 Å². The number of hydrogen-bond acceptors (Lipinski definition) is 3. The van der Waals surface area contributed by atoms with Crippen LogP contribution in [0.15, 0.2) is 121 Å². The summed E-state index contributed by atoms with van der Waals surface area (Å²) in [5, 5.41) is 12.2. The lowest BCUT2D eigenvalue weighted by atomic mass is 10.0. The lowest BCUT2D eigenvalue weighted by Gasteiger charge is -2.15. The van der Waals surface area contributed by atoms with Crippen LogP contribution in [-0.2, 0) is 0 Å². The molecule has 0 radical (unpaired) electrons. The predicted molar refractivity (Wildman–Crippen MR) is 167 cm³/mol. The third-order valence-corrected chi connectivity index (χ3v) is 7.57. The Morgan fingerprint density at radius 1 is 0.561 bits per heavy atom. The number of nitrogens with zero attached hydrogens (tertiary/aromatic N) is 4. The van der Waals surface area contributed by atoms with Gasteiger partial charge in [-0.25, -0.2) is 9.97 Å². The third kappa shape index (κ3) is 4.34. The minimum Gasteiger partial charge on any atom is -0.308 e. The fourth-order valence-electron chi connectivity index (χ4n) is 5.72. The molecular formula is C37H26N4. The van der Waals surface area contributed by atoms with E-state index in [1.165, 1.54) is 0 Å². The topological polar surface area (TPSA) is 54.5 Å². The molecule has 0 atom stereocenters. The van der Waals surface area contributed by atoms with E-state index >= 15 is 0 Å². The molecule has 0 spiro atoms. The van der Waals surface area contributed by atoms with E-state index in [0.29, 0.717) is 11.4 Å². The van der Waals surface area contributed by atoms with Crippen molar-refractivity contribution in [2.24, 2.45) is 0 Å². The molecule has 0 aliphatic heterocycles. The smallest absolute Gasteiger partial charge is 0.161 e. The maximum atomic E-state index is 9.93.